The topological polar surface area (TPSA) is 98.3 Å². The molecule has 1 saturated carbocycles. The molecule has 1 fully saturated rings. The third-order valence-corrected chi connectivity index (χ3v) is 4.89. The Hall–Kier alpha value is -1.47. The first kappa shape index (κ1) is 16.9. The highest BCUT2D eigenvalue weighted by Gasteiger charge is 2.25. The van der Waals surface area contributed by atoms with Crippen molar-refractivity contribution in [1.82, 2.24) is 5.32 Å². The van der Waals surface area contributed by atoms with Gasteiger partial charge in [0.05, 0.1) is 11.3 Å². The van der Waals surface area contributed by atoms with Gasteiger partial charge in [-0.25, -0.2) is 0 Å². The Morgan fingerprint density at radius 2 is 2.14 bits per heavy atom. The number of non-ortho nitro benzene ring substituents is 1. The number of nitro benzene ring substituents is 1. The second-order valence-corrected chi connectivity index (χ2v) is 6.52. The van der Waals surface area contributed by atoms with Gasteiger partial charge >= 0.3 is 0 Å². The van der Waals surface area contributed by atoms with Crippen LogP contribution in [0, 0.1) is 16.0 Å². The molecule has 22 heavy (non-hydrogen) atoms. The third kappa shape index (κ3) is 4.27. The maximum absolute atomic E-state index is 12.2. The number of hydrogen-bond donors (Lipinski definition) is 2. The smallest absolute Gasteiger partial charge is 0.270 e. The SMILES string of the molecule is NCC1CCCCC1NC(=O)Cc1ccc([N+](=O)[O-])cc1Br. The van der Waals surface area contributed by atoms with Gasteiger partial charge < -0.3 is 11.1 Å². The minimum absolute atomic E-state index is 0.00603. The number of carbonyl (C=O) groups is 1. The Morgan fingerprint density at radius 1 is 1.41 bits per heavy atom. The zero-order valence-electron chi connectivity index (χ0n) is 12.3. The first-order valence-corrected chi connectivity index (χ1v) is 8.23. The number of amides is 1. The van der Waals surface area contributed by atoms with E-state index in [1.165, 1.54) is 18.6 Å². The molecule has 1 aliphatic rings. The maximum atomic E-state index is 12.2. The van der Waals surface area contributed by atoms with Crippen LogP contribution in [0.5, 0.6) is 0 Å². The lowest BCUT2D eigenvalue weighted by atomic mass is 9.84. The first-order valence-electron chi connectivity index (χ1n) is 7.43. The fourth-order valence-electron chi connectivity index (χ4n) is 2.90. The van der Waals surface area contributed by atoms with E-state index in [0.717, 1.165) is 24.8 Å². The molecule has 7 heteroatoms. The normalized spacial score (nSPS) is 21.4. The Kier molecular flexibility index (Phi) is 5.90. The molecule has 120 valence electrons. The summed E-state index contributed by atoms with van der Waals surface area (Å²) in [5, 5.41) is 13.8. The van der Waals surface area contributed by atoms with Crippen LogP contribution in [-0.4, -0.2) is 23.4 Å². The van der Waals surface area contributed by atoms with Gasteiger partial charge in [0, 0.05) is 22.6 Å². The van der Waals surface area contributed by atoms with Crippen molar-refractivity contribution >= 4 is 27.5 Å². The number of nitro groups is 1. The van der Waals surface area contributed by atoms with E-state index in [4.69, 9.17) is 5.73 Å². The van der Waals surface area contributed by atoms with Crippen molar-refractivity contribution in [3.63, 3.8) is 0 Å². The minimum Gasteiger partial charge on any atom is -0.353 e. The van der Waals surface area contributed by atoms with Crippen LogP contribution in [0.3, 0.4) is 0 Å². The Morgan fingerprint density at radius 3 is 2.77 bits per heavy atom. The van der Waals surface area contributed by atoms with E-state index in [2.05, 4.69) is 21.2 Å². The molecule has 1 aromatic carbocycles. The molecule has 2 atom stereocenters. The van der Waals surface area contributed by atoms with Crippen molar-refractivity contribution in [3.05, 3.63) is 38.3 Å². The quantitative estimate of drug-likeness (QED) is 0.615. The fourth-order valence-corrected chi connectivity index (χ4v) is 3.41. The number of halogens is 1. The van der Waals surface area contributed by atoms with Crippen molar-refractivity contribution in [2.45, 2.75) is 38.1 Å². The standard InChI is InChI=1S/C15H20BrN3O3/c16-13-8-12(19(21)22)6-5-10(13)7-15(20)18-14-4-2-1-3-11(14)9-17/h5-6,8,11,14H,1-4,7,9,17H2,(H,18,20). The number of carbonyl (C=O) groups excluding carboxylic acids is 1. The summed E-state index contributed by atoms with van der Waals surface area (Å²) >= 11 is 3.29. The number of benzene rings is 1. The molecule has 0 saturated heterocycles. The predicted molar refractivity (Wildman–Crippen MR) is 87.4 cm³/mol. The molecule has 2 unspecified atom stereocenters. The highest BCUT2D eigenvalue weighted by molar-refractivity contribution is 9.10. The molecule has 1 aromatic rings. The van der Waals surface area contributed by atoms with Gasteiger partial charge in [-0.1, -0.05) is 34.8 Å². The fraction of sp³-hybridized carbons (Fsp3) is 0.533. The number of nitrogens with two attached hydrogens (primary N) is 1. The molecular weight excluding hydrogens is 350 g/mol. The van der Waals surface area contributed by atoms with Crippen LogP contribution < -0.4 is 11.1 Å². The molecule has 0 aliphatic heterocycles. The molecule has 3 N–H and O–H groups in total. The van der Waals surface area contributed by atoms with Gasteiger partial charge in [0.2, 0.25) is 5.91 Å². The average molecular weight is 370 g/mol. The number of hydrogen-bond acceptors (Lipinski definition) is 4. The molecule has 0 aromatic heterocycles. The largest absolute Gasteiger partial charge is 0.353 e. The monoisotopic (exact) mass is 369 g/mol. The van der Waals surface area contributed by atoms with E-state index in [-0.39, 0.29) is 24.1 Å². The van der Waals surface area contributed by atoms with E-state index in [9.17, 15) is 14.9 Å². The van der Waals surface area contributed by atoms with Crippen LogP contribution in [0.2, 0.25) is 0 Å². The summed E-state index contributed by atoms with van der Waals surface area (Å²) in [6.07, 6.45) is 4.51. The summed E-state index contributed by atoms with van der Waals surface area (Å²) in [6, 6.07) is 4.59. The Labute approximate surface area is 137 Å². The Balaban J connectivity index is 1.98. The van der Waals surface area contributed by atoms with E-state index in [1.807, 2.05) is 0 Å². The molecule has 0 heterocycles. The summed E-state index contributed by atoms with van der Waals surface area (Å²) in [6.45, 7) is 0.589. The zero-order valence-corrected chi connectivity index (χ0v) is 13.8. The maximum Gasteiger partial charge on any atom is 0.270 e. The van der Waals surface area contributed by atoms with Crippen LogP contribution in [-0.2, 0) is 11.2 Å². The number of nitrogens with one attached hydrogen (secondary N) is 1. The summed E-state index contributed by atoms with van der Waals surface area (Å²) in [5.41, 5.74) is 6.51. The van der Waals surface area contributed by atoms with Gasteiger partial charge in [0.15, 0.2) is 0 Å². The predicted octanol–water partition coefficient (Wildman–Crippen LogP) is 2.53. The average Bonchev–Trinajstić information content (AvgIpc) is 2.49. The van der Waals surface area contributed by atoms with E-state index >= 15 is 0 Å². The summed E-state index contributed by atoms with van der Waals surface area (Å²) in [5.74, 6) is 0.276. The van der Waals surface area contributed by atoms with Gasteiger partial charge in [0.25, 0.3) is 5.69 Å². The summed E-state index contributed by atoms with van der Waals surface area (Å²) in [4.78, 5) is 22.5. The highest BCUT2D eigenvalue weighted by Crippen LogP contribution is 2.25. The lowest BCUT2D eigenvalue weighted by Gasteiger charge is -2.31. The molecule has 1 aliphatic carbocycles. The third-order valence-electron chi connectivity index (χ3n) is 4.16. The molecule has 0 bridgehead atoms. The van der Waals surface area contributed by atoms with Crippen LogP contribution in [0.25, 0.3) is 0 Å². The van der Waals surface area contributed by atoms with Crippen LogP contribution >= 0.6 is 15.9 Å². The van der Waals surface area contributed by atoms with Crippen molar-refractivity contribution in [3.8, 4) is 0 Å². The van der Waals surface area contributed by atoms with Gasteiger partial charge in [0.1, 0.15) is 0 Å². The van der Waals surface area contributed by atoms with Crippen molar-refractivity contribution < 1.29 is 9.72 Å². The van der Waals surface area contributed by atoms with Crippen molar-refractivity contribution in [2.24, 2.45) is 11.7 Å². The molecule has 0 radical (unpaired) electrons. The van der Waals surface area contributed by atoms with Gasteiger partial charge in [-0.15, -0.1) is 0 Å². The lowest BCUT2D eigenvalue weighted by molar-refractivity contribution is -0.384. The number of nitrogens with zero attached hydrogens (tertiary/aromatic N) is 1. The van der Waals surface area contributed by atoms with E-state index in [0.29, 0.717) is 16.9 Å². The summed E-state index contributed by atoms with van der Waals surface area (Å²) < 4.78 is 0.580. The van der Waals surface area contributed by atoms with Gasteiger partial charge in [-0.05, 0) is 30.9 Å². The number of rotatable bonds is 5. The second kappa shape index (κ2) is 7.69. The van der Waals surface area contributed by atoms with E-state index in [1.54, 1.807) is 6.07 Å². The van der Waals surface area contributed by atoms with E-state index < -0.39 is 4.92 Å². The Bertz CT molecular complexity index is 565. The zero-order chi connectivity index (χ0) is 16.1. The molecule has 0 spiro atoms. The van der Waals surface area contributed by atoms with Gasteiger partial charge in [-0.2, -0.15) is 0 Å². The molecule has 6 nitrogen and oxygen atoms in total. The minimum atomic E-state index is -0.456. The molecular formula is C15H20BrN3O3. The first-order chi connectivity index (χ1) is 10.5. The second-order valence-electron chi connectivity index (χ2n) is 5.66. The summed E-state index contributed by atoms with van der Waals surface area (Å²) in [7, 11) is 0. The lowest BCUT2D eigenvalue weighted by Crippen LogP contribution is -2.45. The molecule has 2 rings (SSSR count). The van der Waals surface area contributed by atoms with Crippen molar-refractivity contribution in [2.75, 3.05) is 6.54 Å². The van der Waals surface area contributed by atoms with Crippen molar-refractivity contribution in [1.29, 1.82) is 0 Å². The van der Waals surface area contributed by atoms with Crippen LogP contribution in [0.1, 0.15) is 31.2 Å². The highest BCUT2D eigenvalue weighted by atomic mass is 79.9. The van der Waals surface area contributed by atoms with Crippen LogP contribution in [0.15, 0.2) is 22.7 Å². The van der Waals surface area contributed by atoms with Crippen LogP contribution in [0.4, 0.5) is 5.69 Å². The molecule has 1 amide bonds. The van der Waals surface area contributed by atoms with Gasteiger partial charge in [-0.3, -0.25) is 14.9 Å².